The lowest BCUT2D eigenvalue weighted by molar-refractivity contribution is -0.113. The van der Waals surface area contributed by atoms with Crippen LogP contribution >= 0.6 is 11.8 Å². The SMILES string of the molecule is Cn1c(SCC(=O)Nc2ccccc2)nnc1[C@H]1CCCN(S(=O)(=O)c2ccccc2)C1. The van der Waals surface area contributed by atoms with E-state index in [0.717, 1.165) is 24.4 Å². The minimum Gasteiger partial charge on any atom is -0.325 e. The van der Waals surface area contributed by atoms with E-state index in [0.29, 0.717) is 23.1 Å². The van der Waals surface area contributed by atoms with E-state index < -0.39 is 10.0 Å². The first-order chi connectivity index (χ1) is 15.4. The molecule has 1 amide bonds. The number of rotatable bonds is 7. The molecule has 0 aliphatic carbocycles. The van der Waals surface area contributed by atoms with E-state index in [9.17, 15) is 13.2 Å². The van der Waals surface area contributed by atoms with Gasteiger partial charge < -0.3 is 9.88 Å². The fourth-order valence-corrected chi connectivity index (χ4v) is 6.03. The molecule has 32 heavy (non-hydrogen) atoms. The summed E-state index contributed by atoms with van der Waals surface area (Å²) in [5, 5.41) is 12.1. The van der Waals surface area contributed by atoms with Crippen molar-refractivity contribution in [2.45, 2.75) is 28.8 Å². The molecule has 0 unspecified atom stereocenters. The van der Waals surface area contributed by atoms with Crippen LogP contribution < -0.4 is 5.32 Å². The monoisotopic (exact) mass is 471 g/mol. The highest BCUT2D eigenvalue weighted by Gasteiger charge is 2.33. The molecule has 1 saturated heterocycles. The van der Waals surface area contributed by atoms with Crippen molar-refractivity contribution in [1.29, 1.82) is 0 Å². The van der Waals surface area contributed by atoms with Gasteiger partial charge in [0.25, 0.3) is 0 Å². The fraction of sp³-hybridized carbons (Fsp3) is 0.318. The molecule has 4 rings (SSSR count). The Morgan fingerprint density at radius 3 is 2.50 bits per heavy atom. The lowest BCUT2D eigenvalue weighted by Gasteiger charge is -2.31. The van der Waals surface area contributed by atoms with Crippen molar-refractivity contribution < 1.29 is 13.2 Å². The first kappa shape index (κ1) is 22.5. The van der Waals surface area contributed by atoms with Gasteiger partial charge in [-0.1, -0.05) is 48.2 Å². The molecule has 1 atom stereocenters. The van der Waals surface area contributed by atoms with Gasteiger partial charge in [0.15, 0.2) is 5.16 Å². The molecule has 1 aliphatic heterocycles. The lowest BCUT2D eigenvalue weighted by atomic mass is 9.99. The van der Waals surface area contributed by atoms with Gasteiger partial charge >= 0.3 is 0 Å². The first-order valence-corrected chi connectivity index (χ1v) is 12.8. The first-order valence-electron chi connectivity index (χ1n) is 10.4. The lowest BCUT2D eigenvalue weighted by Crippen LogP contribution is -2.39. The zero-order valence-corrected chi connectivity index (χ0v) is 19.3. The zero-order valence-electron chi connectivity index (χ0n) is 17.7. The van der Waals surface area contributed by atoms with Crippen LogP contribution in [0.15, 0.2) is 70.7 Å². The summed E-state index contributed by atoms with van der Waals surface area (Å²) in [6, 6.07) is 17.8. The Kier molecular flexibility index (Phi) is 6.92. The molecule has 168 valence electrons. The Balaban J connectivity index is 1.41. The molecule has 1 aliphatic rings. The Morgan fingerprint density at radius 2 is 1.78 bits per heavy atom. The molecule has 0 radical (unpaired) electrons. The predicted octanol–water partition coefficient (Wildman–Crippen LogP) is 3.11. The molecule has 0 spiro atoms. The molecule has 1 aromatic heterocycles. The van der Waals surface area contributed by atoms with Gasteiger partial charge in [-0.25, -0.2) is 8.42 Å². The molecular weight excluding hydrogens is 446 g/mol. The predicted molar refractivity (Wildman–Crippen MR) is 124 cm³/mol. The molecule has 0 bridgehead atoms. The maximum atomic E-state index is 13.0. The molecule has 0 saturated carbocycles. The van der Waals surface area contributed by atoms with Crippen molar-refractivity contribution >= 4 is 33.4 Å². The Hall–Kier alpha value is -2.69. The minimum absolute atomic E-state index is 0.0489. The van der Waals surface area contributed by atoms with Crippen LogP contribution in [0.5, 0.6) is 0 Å². The molecule has 10 heteroatoms. The van der Waals surface area contributed by atoms with Crippen LogP contribution in [0.3, 0.4) is 0 Å². The number of nitrogens with one attached hydrogen (secondary N) is 1. The number of nitrogens with zero attached hydrogens (tertiary/aromatic N) is 4. The quantitative estimate of drug-likeness (QED) is 0.532. The summed E-state index contributed by atoms with van der Waals surface area (Å²) >= 11 is 1.31. The highest BCUT2D eigenvalue weighted by molar-refractivity contribution is 7.99. The number of aromatic nitrogens is 3. The number of anilines is 1. The van der Waals surface area contributed by atoms with Gasteiger partial charge in [-0.15, -0.1) is 10.2 Å². The topological polar surface area (TPSA) is 97.2 Å². The van der Waals surface area contributed by atoms with E-state index in [-0.39, 0.29) is 17.6 Å². The third-order valence-corrected chi connectivity index (χ3v) is 8.29. The molecule has 2 heterocycles. The van der Waals surface area contributed by atoms with Crippen molar-refractivity contribution in [3.05, 3.63) is 66.5 Å². The van der Waals surface area contributed by atoms with Crippen molar-refractivity contribution in [3.63, 3.8) is 0 Å². The van der Waals surface area contributed by atoms with E-state index in [1.807, 2.05) is 41.9 Å². The van der Waals surface area contributed by atoms with Crippen molar-refractivity contribution in [3.8, 4) is 0 Å². The number of piperidine rings is 1. The van der Waals surface area contributed by atoms with Crippen molar-refractivity contribution in [1.82, 2.24) is 19.1 Å². The standard InChI is InChI=1S/C22H25N5O3S2/c1-26-21(24-25-22(26)31-16-20(28)23-18-10-4-2-5-11-18)17-9-8-14-27(15-17)32(29,30)19-12-6-3-7-13-19/h2-7,10-13,17H,8-9,14-16H2,1H3,(H,23,28)/t17-/m0/s1. The second-order valence-corrected chi connectivity index (χ2v) is 10.5. The molecule has 8 nitrogen and oxygen atoms in total. The van der Waals surface area contributed by atoms with Crippen molar-refractivity contribution in [2.75, 3.05) is 24.2 Å². The summed E-state index contributed by atoms with van der Waals surface area (Å²) in [6.45, 7) is 0.856. The number of carbonyl (C=O) groups excluding carboxylic acids is 1. The second kappa shape index (κ2) is 9.85. The van der Waals surface area contributed by atoms with E-state index >= 15 is 0 Å². The van der Waals surface area contributed by atoms with Gasteiger partial charge in [0, 0.05) is 31.7 Å². The summed E-state index contributed by atoms with van der Waals surface area (Å²) in [5.74, 6) is 0.778. The summed E-state index contributed by atoms with van der Waals surface area (Å²) < 4.78 is 29.4. The van der Waals surface area contributed by atoms with E-state index in [4.69, 9.17) is 0 Å². The number of amides is 1. The number of para-hydroxylation sites is 1. The van der Waals surface area contributed by atoms with Gasteiger partial charge in [-0.05, 0) is 37.1 Å². The van der Waals surface area contributed by atoms with Gasteiger partial charge in [-0.2, -0.15) is 4.31 Å². The minimum atomic E-state index is -3.54. The highest BCUT2D eigenvalue weighted by Crippen LogP contribution is 2.30. The fourth-order valence-electron chi connectivity index (χ4n) is 3.77. The number of benzene rings is 2. The van der Waals surface area contributed by atoms with Gasteiger partial charge in [0.2, 0.25) is 15.9 Å². The summed E-state index contributed by atoms with van der Waals surface area (Å²) in [6.07, 6.45) is 1.59. The molecular formula is C22H25N5O3S2. The number of sulfonamides is 1. The molecule has 3 aromatic rings. The van der Waals surface area contributed by atoms with Gasteiger partial charge in [0.05, 0.1) is 10.6 Å². The Morgan fingerprint density at radius 1 is 1.09 bits per heavy atom. The molecule has 2 aromatic carbocycles. The van der Waals surface area contributed by atoms with Crippen LogP contribution in [0.4, 0.5) is 5.69 Å². The van der Waals surface area contributed by atoms with E-state index in [2.05, 4.69) is 15.5 Å². The van der Waals surface area contributed by atoms with Crippen LogP contribution in [0.1, 0.15) is 24.6 Å². The van der Waals surface area contributed by atoms with Crippen molar-refractivity contribution in [2.24, 2.45) is 7.05 Å². The summed E-state index contributed by atoms with van der Waals surface area (Å²) in [4.78, 5) is 12.5. The molecule has 1 N–H and O–H groups in total. The van der Waals surface area contributed by atoms with Crippen LogP contribution in [0, 0.1) is 0 Å². The third-order valence-electron chi connectivity index (χ3n) is 5.39. The Bertz CT molecular complexity index is 1170. The smallest absolute Gasteiger partial charge is 0.243 e. The van der Waals surface area contributed by atoms with Gasteiger partial charge in [0.1, 0.15) is 5.82 Å². The highest BCUT2D eigenvalue weighted by atomic mass is 32.2. The van der Waals surface area contributed by atoms with Crippen LogP contribution in [-0.4, -0.2) is 52.2 Å². The van der Waals surface area contributed by atoms with Gasteiger partial charge in [-0.3, -0.25) is 4.79 Å². The number of carbonyl (C=O) groups is 1. The summed E-state index contributed by atoms with van der Waals surface area (Å²) in [7, 11) is -1.68. The van der Waals surface area contributed by atoms with Crippen LogP contribution in [0.2, 0.25) is 0 Å². The Labute approximate surface area is 192 Å². The van der Waals surface area contributed by atoms with E-state index in [1.54, 1.807) is 30.3 Å². The number of hydrogen-bond acceptors (Lipinski definition) is 6. The maximum absolute atomic E-state index is 13.0. The van der Waals surface area contributed by atoms with Crippen LogP contribution in [-0.2, 0) is 21.9 Å². The maximum Gasteiger partial charge on any atom is 0.243 e. The third kappa shape index (κ3) is 5.03. The molecule has 1 fully saturated rings. The second-order valence-electron chi connectivity index (χ2n) is 7.62. The largest absolute Gasteiger partial charge is 0.325 e. The average Bonchev–Trinajstić information content (AvgIpc) is 3.19. The van der Waals surface area contributed by atoms with Crippen LogP contribution in [0.25, 0.3) is 0 Å². The van der Waals surface area contributed by atoms with E-state index in [1.165, 1.54) is 16.1 Å². The summed E-state index contributed by atoms with van der Waals surface area (Å²) in [5.41, 5.74) is 0.749. The zero-order chi connectivity index (χ0) is 22.6. The number of thioether (sulfide) groups is 1. The normalized spacial score (nSPS) is 17.2. The average molecular weight is 472 g/mol. The number of hydrogen-bond donors (Lipinski definition) is 1.